The van der Waals surface area contributed by atoms with Gasteiger partial charge >= 0.3 is 0 Å². The summed E-state index contributed by atoms with van der Waals surface area (Å²) in [6.45, 7) is 4.51. The molecule has 82 valence electrons. The topological polar surface area (TPSA) is 58.4 Å². The molecule has 4 nitrogen and oxygen atoms in total. The number of hydrogen-bond acceptors (Lipinski definition) is 3. The van der Waals surface area contributed by atoms with Crippen LogP contribution in [0.4, 0.5) is 0 Å². The quantitative estimate of drug-likeness (QED) is 0.652. The van der Waals surface area contributed by atoms with E-state index in [0.29, 0.717) is 12.6 Å². The predicted octanol–water partition coefficient (Wildman–Crippen LogP) is -0.0675. The number of carbonyl (C=O) groups is 1. The fourth-order valence-electron chi connectivity index (χ4n) is 1.39. The summed E-state index contributed by atoms with van der Waals surface area (Å²) in [6.07, 6.45) is 2.59. The third-order valence-corrected chi connectivity index (χ3v) is 2.80. The normalized spacial score (nSPS) is 20.6. The molecule has 0 aliphatic heterocycles. The van der Waals surface area contributed by atoms with Gasteiger partial charge in [-0.3, -0.25) is 9.69 Å². The Hall–Kier alpha value is -0.610. The van der Waals surface area contributed by atoms with E-state index in [1.54, 1.807) is 6.92 Å². The first-order valence-electron chi connectivity index (χ1n) is 5.27. The molecule has 1 fully saturated rings. The zero-order valence-corrected chi connectivity index (χ0v) is 9.29. The molecule has 4 heteroatoms. The average Bonchev–Trinajstić information content (AvgIpc) is 2.95. The molecule has 1 aliphatic carbocycles. The highest BCUT2D eigenvalue weighted by atomic mass is 16.2. The van der Waals surface area contributed by atoms with Gasteiger partial charge in [-0.2, -0.15) is 0 Å². The molecule has 0 bridgehead atoms. The molecule has 1 aliphatic rings. The Labute approximate surface area is 85.8 Å². The van der Waals surface area contributed by atoms with Crippen molar-refractivity contribution in [3.8, 4) is 0 Å². The molecular formula is C10H21N3O. The highest BCUT2D eigenvalue weighted by Crippen LogP contribution is 2.26. The third kappa shape index (κ3) is 3.27. The first kappa shape index (κ1) is 11.5. The van der Waals surface area contributed by atoms with E-state index in [1.165, 1.54) is 12.8 Å². The molecule has 1 unspecified atom stereocenters. The highest BCUT2D eigenvalue weighted by Gasteiger charge is 2.29. The smallest absolute Gasteiger partial charge is 0.236 e. The van der Waals surface area contributed by atoms with Crippen molar-refractivity contribution in [1.29, 1.82) is 0 Å². The van der Waals surface area contributed by atoms with Crippen LogP contribution in [0, 0.1) is 0 Å². The van der Waals surface area contributed by atoms with E-state index < -0.39 is 6.04 Å². The Morgan fingerprint density at radius 1 is 1.57 bits per heavy atom. The van der Waals surface area contributed by atoms with Gasteiger partial charge in [-0.15, -0.1) is 0 Å². The number of nitrogens with two attached hydrogens (primary N) is 1. The van der Waals surface area contributed by atoms with Gasteiger partial charge in [-0.25, -0.2) is 0 Å². The van der Waals surface area contributed by atoms with Crippen molar-refractivity contribution >= 4 is 5.91 Å². The van der Waals surface area contributed by atoms with Gasteiger partial charge in [0.15, 0.2) is 0 Å². The van der Waals surface area contributed by atoms with Crippen LogP contribution < -0.4 is 11.1 Å². The molecule has 3 N–H and O–H groups in total. The molecule has 0 spiro atoms. The standard InChI is InChI=1S/C10H21N3O/c1-7(13(3)9-4-5-9)6-12-10(14)8(2)11/h7-9H,4-6,11H2,1-3H3,(H,12,14)/t7?,8-/m1/s1. The summed E-state index contributed by atoms with van der Waals surface area (Å²) in [5.74, 6) is -0.0685. The third-order valence-electron chi connectivity index (χ3n) is 2.80. The lowest BCUT2D eigenvalue weighted by molar-refractivity contribution is -0.122. The lowest BCUT2D eigenvalue weighted by Crippen LogP contribution is -2.45. The maximum Gasteiger partial charge on any atom is 0.236 e. The minimum absolute atomic E-state index is 0.0685. The van der Waals surface area contributed by atoms with Gasteiger partial charge in [0, 0.05) is 18.6 Å². The SMILES string of the molecule is CC(CNC(=O)[C@@H](C)N)N(C)C1CC1. The second kappa shape index (κ2) is 4.75. The van der Waals surface area contributed by atoms with Crippen molar-refractivity contribution < 1.29 is 4.79 Å². The van der Waals surface area contributed by atoms with E-state index in [0.717, 1.165) is 6.04 Å². The number of nitrogens with one attached hydrogen (secondary N) is 1. The maximum atomic E-state index is 11.2. The fourth-order valence-corrected chi connectivity index (χ4v) is 1.39. The largest absolute Gasteiger partial charge is 0.353 e. The molecule has 0 aromatic carbocycles. The monoisotopic (exact) mass is 199 g/mol. The Balaban J connectivity index is 2.19. The van der Waals surface area contributed by atoms with E-state index in [-0.39, 0.29) is 5.91 Å². The van der Waals surface area contributed by atoms with Gasteiger partial charge in [0.2, 0.25) is 5.91 Å². The van der Waals surface area contributed by atoms with Crippen molar-refractivity contribution in [2.24, 2.45) is 5.73 Å². The first-order valence-corrected chi connectivity index (χ1v) is 5.27. The van der Waals surface area contributed by atoms with Crippen molar-refractivity contribution in [3.63, 3.8) is 0 Å². The van der Waals surface area contributed by atoms with Gasteiger partial charge in [0.1, 0.15) is 0 Å². The lowest BCUT2D eigenvalue weighted by atomic mass is 10.2. The zero-order chi connectivity index (χ0) is 10.7. The van der Waals surface area contributed by atoms with Crippen LogP contribution in [0.3, 0.4) is 0 Å². The van der Waals surface area contributed by atoms with Crippen molar-refractivity contribution in [2.45, 2.75) is 44.8 Å². The molecule has 0 aromatic heterocycles. The van der Waals surface area contributed by atoms with E-state index in [4.69, 9.17) is 5.73 Å². The van der Waals surface area contributed by atoms with Gasteiger partial charge in [-0.1, -0.05) is 0 Å². The predicted molar refractivity (Wildman–Crippen MR) is 56.9 cm³/mol. The summed E-state index contributed by atoms with van der Waals surface area (Å²) in [5, 5.41) is 2.84. The summed E-state index contributed by atoms with van der Waals surface area (Å²) in [4.78, 5) is 13.5. The van der Waals surface area contributed by atoms with Gasteiger partial charge < -0.3 is 11.1 Å². The second-order valence-corrected chi connectivity index (χ2v) is 4.28. The van der Waals surface area contributed by atoms with Crippen LogP contribution in [0.2, 0.25) is 0 Å². The average molecular weight is 199 g/mol. The molecule has 0 aromatic rings. The fraction of sp³-hybridized carbons (Fsp3) is 0.900. The minimum atomic E-state index is -0.409. The Kier molecular flexibility index (Phi) is 3.89. The number of nitrogens with zero attached hydrogens (tertiary/aromatic N) is 1. The van der Waals surface area contributed by atoms with Crippen molar-refractivity contribution in [2.75, 3.05) is 13.6 Å². The lowest BCUT2D eigenvalue weighted by Gasteiger charge is -2.24. The second-order valence-electron chi connectivity index (χ2n) is 4.28. The Morgan fingerprint density at radius 3 is 2.57 bits per heavy atom. The van der Waals surface area contributed by atoms with E-state index in [9.17, 15) is 4.79 Å². The molecule has 1 rings (SSSR count). The summed E-state index contributed by atoms with van der Waals surface area (Å²) in [5.41, 5.74) is 5.44. The van der Waals surface area contributed by atoms with Gasteiger partial charge in [-0.05, 0) is 33.7 Å². The number of likely N-dealkylation sites (N-methyl/N-ethyl adjacent to an activating group) is 1. The number of amides is 1. The molecule has 0 heterocycles. The van der Waals surface area contributed by atoms with E-state index in [2.05, 4.69) is 24.2 Å². The number of hydrogen-bond donors (Lipinski definition) is 2. The molecular weight excluding hydrogens is 178 g/mol. The van der Waals surface area contributed by atoms with E-state index in [1.807, 2.05) is 0 Å². The Bertz CT molecular complexity index is 202. The van der Waals surface area contributed by atoms with Crippen LogP contribution in [-0.2, 0) is 4.79 Å². The minimum Gasteiger partial charge on any atom is -0.353 e. The van der Waals surface area contributed by atoms with Gasteiger partial charge in [0.25, 0.3) is 0 Å². The van der Waals surface area contributed by atoms with Crippen LogP contribution in [0.25, 0.3) is 0 Å². The van der Waals surface area contributed by atoms with Crippen LogP contribution >= 0.6 is 0 Å². The zero-order valence-electron chi connectivity index (χ0n) is 9.29. The number of rotatable bonds is 5. The molecule has 0 saturated heterocycles. The maximum absolute atomic E-state index is 11.2. The van der Waals surface area contributed by atoms with Crippen LogP contribution in [0.5, 0.6) is 0 Å². The molecule has 1 saturated carbocycles. The number of carbonyl (C=O) groups excluding carboxylic acids is 1. The first-order chi connectivity index (χ1) is 6.52. The summed E-state index contributed by atoms with van der Waals surface area (Å²) in [7, 11) is 2.11. The molecule has 0 radical (unpaired) electrons. The van der Waals surface area contributed by atoms with Gasteiger partial charge in [0.05, 0.1) is 6.04 Å². The molecule has 2 atom stereocenters. The summed E-state index contributed by atoms with van der Waals surface area (Å²) >= 11 is 0. The Morgan fingerprint density at radius 2 is 2.14 bits per heavy atom. The van der Waals surface area contributed by atoms with Crippen molar-refractivity contribution in [3.05, 3.63) is 0 Å². The van der Waals surface area contributed by atoms with Crippen LogP contribution in [-0.4, -0.2) is 42.5 Å². The molecule has 1 amide bonds. The van der Waals surface area contributed by atoms with Crippen LogP contribution in [0.15, 0.2) is 0 Å². The van der Waals surface area contributed by atoms with Crippen molar-refractivity contribution in [1.82, 2.24) is 10.2 Å². The van der Waals surface area contributed by atoms with Crippen LogP contribution in [0.1, 0.15) is 26.7 Å². The van der Waals surface area contributed by atoms with E-state index >= 15 is 0 Å². The summed E-state index contributed by atoms with van der Waals surface area (Å²) < 4.78 is 0. The summed E-state index contributed by atoms with van der Waals surface area (Å²) in [6, 6.07) is 0.718. The highest BCUT2D eigenvalue weighted by molar-refractivity contribution is 5.80. The molecule has 14 heavy (non-hydrogen) atoms.